The van der Waals surface area contributed by atoms with Gasteiger partial charge in [-0.25, -0.2) is 4.98 Å². The summed E-state index contributed by atoms with van der Waals surface area (Å²) in [7, 11) is 0. The van der Waals surface area contributed by atoms with Crippen LogP contribution in [0.4, 0.5) is 0 Å². The molecule has 1 aromatic carbocycles. The van der Waals surface area contributed by atoms with Crippen molar-refractivity contribution in [2.45, 2.75) is 25.9 Å². The number of aryl methyl sites for hydroxylation is 1. The van der Waals surface area contributed by atoms with Crippen LogP contribution in [0.3, 0.4) is 0 Å². The maximum absolute atomic E-state index is 5.80. The van der Waals surface area contributed by atoms with E-state index in [2.05, 4.69) is 11.1 Å². The van der Waals surface area contributed by atoms with Crippen molar-refractivity contribution in [1.29, 1.82) is 0 Å². The van der Waals surface area contributed by atoms with Crippen LogP contribution in [0.25, 0.3) is 10.2 Å². The number of nitrogens with zero attached hydrogens (tertiary/aromatic N) is 1. The zero-order valence-electron chi connectivity index (χ0n) is 7.99. The van der Waals surface area contributed by atoms with E-state index in [4.69, 9.17) is 4.74 Å². The van der Waals surface area contributed by atoms with Gasteiger partial charge in [0.15, 0.2) is 0 Å². The molecule has 1 aromatic heterocycles. The molecule has 1 aliphatic carbocycles. The molecule has 0 N–H and O–H groups in total. The first kappa shape index (κ1) is 8.24. The smallest absolute Gasteiger partial charge is 0.146 e. The lowest BCUT2D eigenvalue weighted by molar-refractivity contribution is 0.306. The zero-order valence-corrected chi connectivity index (χ0v) is 8.80. The van der Waals surface area contributed by atoms with Crippen LogP contribution in [0.15, 0.2) is 18.2 Å². The zero-order chi connectivity index (χ0) is 9.54. The molecule has 0 bridgehead atoms. The maximum Gasteiger partial charge on any atom is 0.146 e. The molecule has 0 amide bonds. The van der Waals surface area contributed by atoms with Crippen LogP contribution >= 0.6 is 11.3 Å². The van der Waals surface area contributed by atoms with E-state index in [1.165, 1.54) is 17.5 Å². The van der Waals surface area contributed by atoms with Crippen molar-refractivity contribution in [2.75, 3.05) is 0 Å². The molecule has 1 heterocycles. The van der Waals surface area contributed by atoms with E-state index in [-0.39, 0.29) is 0 Å². The Labute approximate surface area is 86.5 Å². The number of hydrogen-bond acceptors (Lipinski definition) is 3. The summed E-state index contributed by atoms with van der Waals surface area (Å²) in [6.45, 7) is 2.03. The van der Waals surface area contributed by atoms with Gasteiger partial charge < -0.3 is 4.74 Å². The summed E-state index contributed by atoms with van der Waals surface area (Å²) < 4.78 is 7.02. The van der Waals surface area contributed by atoms with Gasteiger partial charge in [0.25, 0.3) is 0 Å². The summed E-state index contributed by atoms with van der Waals surface area (Å²) in [5.41, 5.74) is 1.03. The predicted molar refractivity (Wildman–Crippen MR) is 58.0 cm³/mol. The van der Waals surface area contributed by atoms with Crippen molar-refractivity contribution >= 4 is 21.6 Å². The van der Waals surface area contributed by atoms with Gasteiger partial charge in [0.1, 0.15) is 11.3 Å². The summed E-state index contributed by atoms with van der Waals surface area (Å²) >= 11 is 1.72. The van der Waals surface area contributed by atoms with Crippen LogP contribution in [0.2, 0.25) is 0 Å². The first-order valence-corrected chi connectivity index (χ1v) is 5.67. The Bertz CT molecular complexity index is 473. The number of ether oxygens (including phenoxy) is 1. The molecular weight excluding hydrogens is 194 g/mol. The van der Waals surface area contributed by atoms with E-state index in [1.54, 1.807) is 11.3 Å². The fraction of sp³-hybridized carbons (Fsp3) is 0.364. The van der Waals surface area contributed by atoms with E-state index in [9.17, 15) is 0 Å². The van der Waals surface area contributed by atoms with Crippen molar-refractivity contribution in [3.05, 3.63) is 23.2 Å². The number of hydrogen-bond donors (Lipinski definition) is 0. The lowest BCUT2D eigenvalue weighted by atomic mass is 10.3. The second kappa shape index (κ2) is 2.95. The third-order valence-electron chi connectivity index (χ3n) is 2.31. The van der Waals surface area contributed by atoms with Crippen molar-refractivity contribution in [2.24, 2.45) is 0 Å². The minimum absolute atomic E-state index is 0.447. The van der Waals surface area contributed by atoms with Gasteiger partial charge in [-0.15, -0.1) is 11.3 Å². The quantitative estimate of drug-likeness (QED) is 0.751. The Morgan fingerprint density at radius 2 is 2.29 bits per heavy atom. The van der Waals surface area contributed by atoms with E-state index in [0.717, 1.165) is 16.3 Å². The summed E-state index contributed by atoms with van der Waals surface area (Å²) in [5, 5.41) is 1.10. The SMILES string of the molecule is Cc1nc2c(OC3CC3)cccc2s1. The number of aromatic nitrogens is 1. The van der Waals surface area contributed by atoms with Gasteiger partial charge in [-0.3, -0.25) is 0 Å². The van der Waals surface area contributed by atoms with Gasteiger partial charge in [-0.1, -0.05) is 6.07 Å². The van der Waals surface area contributed by atoms with Crippen molar-refractivity contribution < 1.29 is 4.74 Å². The molecule has 2 aromatic rings. The molecule has 0 spiro atoms. The number of thiazole rings is 1. The van der Waals surface area contributed by atoms with Crippen molar-refractivity contribution in [3.63, 3.8) is 0 Å². The molecule has 0 atom stereocenters. The van der Waals surface area contributed by atoms with Crippen LogP contribution in [0, 0.1) is 6.92 Å². The Hall–Kier alpha value is -1.09. The van der Waals surface area contributed by atoms with Crippen LogP contribution in [0.1, 0.15) is 17.8 Å². The first-order chi connectivity index (χ1) is 6.83. The van der Waals surface area contributed by atoms with E-state index >= 15 is 0 Å². The fourth-order valence-corrected chi connectivity index (χ4v) is 2.34. The van der Waals surface area contributed by atoms with Gasteiger partial charge >= 0.3 is 0 Å². The Balaban J connectivity index is 2.11. The highest BCUT2D eigenvalue weighted by Crippen LogP contribution is 2.33. The van der Waals surface area contributed by atoms with Crippen LogP contribution in [0.5, 0.6) is 5.75 Å². The van der Waals surface area contributed by atoms with Gasteiger partial charge in [-0.2, -0.15) is 0 Å². The normalized spacial score (nSPS) is 16.1. The minimum atomic E-state index is 0.447. The molecule has 1 aliphatic rings. The standard InChI is InChI=1S/C11H11NOS/c1-7-12-11-9(13-8-5-6-8)3-2-4-10(11)14-7/h2-4,8H,5-6H2,1H3. The monoisotopic (exact) mass is 205 g/mol. The van der Waals surface area contributed by atoms with E-state index in [1.807, 2.05) is 19.1 Å². The molecule has 2 nitrogen and oxygen atoms in total. The van der Waals surface area contributed by atoms with Crippen molar-refractivity contribution in [3.8, 4) is 5.75 Å². The predicted octanol–water partition coefficient (Wildman–Crippen LogP) is 3.15. The largest absolute Gasteiger partial charge is 0.488 e. The second-order valence-corrected chi connectivity index (χ2v) is 4.89. The molecule has 3 heteroatoms. The molecule has 0 aliphatic heterocycles. The highest BCUT2D eigenvalue weighted by atomic mass is 32.1. The lowest BCUT2D eigenvalue weighted by Crippen LogP contribution is -1.96. The third kappa shape index (κ3) is 1.38. The topological polar surface area (TPSA) is 22.1 Å². The molecule has 72 valence electrons. The van der Waals surface area contributed by atoms with Crippen LogP contribution < -0.4 is 4.74 Å². The molecule has 0 saturated heterocycles. The third-order valence-corrected chi connectivity index (χ3v) is 3.24. The number of rotatable bonds is 2. The summed E-state index contributed by atoms with van der Waals surface area (Å²) in [6.07, 6.45) is 2.83. The van der Waals surface area contributed by atoms with Gasteiger partial charge in [-0.05, 0) is 31.9 Å². The molecule has 14 heavy (non-hydrogen) atoms. The average Bonchev–Trinajstić information content (AvgIpc) is 2.87. The fourth-order valence-electron chi connectivity index (χ4n) is 1.49. The summed E-state index contributed by atoms with van der Waals surface area (Å²) in [5.74, 6) is 0.953. The second-order valence-electron chi connectivity index (χ2n) is 3.65. The maximum atomic E-state index is 5.80. The molecule has 0 radical (unpaired) electrons. The number of benzene rings is 1. The molecular formula is C11H11NOS. The highest BCUT2D eigenvalue weighted by Gasteiger charge is 2.24. The van der Waals surface area contributed by atoms with Gasteiger partial charge in [0.2, 0.25) is 0 Å². The Morgan fingerprint density at radius 1 is 1.43 bits per heavy atom. The first-order valence-electron chi connectivity index (χ1n) is 4.86. The minimum Gasteiger partial charge on any atom is -0.488 e. The van der Waals surface area contributed by atoms with Gasteiger partial charge in [0, 0.05) is 0 Å². The average molecular weight is 205 g/mol. The summed E-state index contributed by atoms with van der Waals surface area (Å²) in [4.78, 5) is 4.49. The van der Waals surface area contributed by atoms with Gasteiger partial charge in [0.05, 0.1) is 15.8 Å². The molecule has 0 unspecified atom stereocenters. The molecule has 1 saturated carbocycles. The molecule has 3 rings (SSSR count). The van der Waals surface area contributed by atoms with Crippen molar-refractivity contribution in [1.82, 2.24) is 4.98 Å². The number of fused-ring (bicyclic) bond motifs is 1. The number of para-hydroxylation sites is 1. The Morgan fingerprint density at radius 3 is 3.07 bits per heavy atom. The summed E-state index contributed by atoms with van der Waals surface area (Å²) in [6, 6.07) is 6.15. The highest BCUT2D eigenvalue weighted by molar-refractivity contribution is 7.18. The van der Waals surface area contributed by atoms with Crippen LogP contribution in [-0.4, -0.2) is 11.1 Å². The Kier molecular flexibility index (Phi) is 1.74. The van der Waals surface area contributed by atoms with Crippen LogP contribution in [-0.2, 0) is 0 Å². The lowest BCUT2D eigenvalue weighted by Gasteiger charge is -2.03. The molecule has 1 fully saturated rings. The van der Waals surface area contributed by atoms with E-state index < -0.39 is 0 Å². The van der Waals surface area contributed by atoms with E-state index in [0.29, 0.717) is 6.10 Å².